The average molecular weight is 376 g/mol. The quantitative estimate of drug-likeness (QED) is 0.758. The molecule has 1 aliphatic rings. The standard InChI is InChI=1S/C20H16N4O2S/c1-12-15(7-21)8-22-18(19(12)26)20-23-16(11-27-20)6-17(25)24-9-13-4-2-3-5-14(13)10-24/h2-5,8,11,26H,6,9-10H2,1H3. The SMILES string of the molecule is Cc1c(C#N)cnc(-c2nc(CC(=O)N3Cc4ccccc4C3)cs2)c1O. The Kier molecular flexibility index (Phi) is 4.34. The van der Waals surface area contributed by atoms with E-state index < -0.39 is 0 Å². The summed E-state index contributed by atoms with van der Waals surface area (Å²) in [6, 6.07) is 10.1. The van der Waals surface area contributed by atoms with Crippen LogP contribution in [-0.2, 0) is 24.3 Å². The lowest BCUT2D eigenvalue weighted by atomic mass is 10.1. The summed E-state index contributed by atoms with van der Waals surface area (Å²) in [5.74, 6) is -0.0208. The first-order valence-electron chi connectivity index (χ1n) is 8.45. The molecular weight excluding hydrogens is 360 g/mol. The number of thiazole rings is 1. The molecule has 0 saturated carbocycles. The fourth-order valence-electron chi connectivity index (χ4n) is 3.13. The van der Waals surface area contributed by atoms with Gasteiger partial charge in [-0.1, -0.05) is 24.3 Å². The van der Waals surface area contributed by atoms with Gasteiger partial charge in [-0.05, 0) is 18.1 Å². The van der Waals surface area contributed by atoms with Gasteiger partial charge in [0.05, 0.1) is 17.7 Å². The second kappa shape index (κ2) is 6.82. The number of rotatable bonds is 3. The van der Waals surface area contributed by atoms with Crippen LogP contribution in [-0.4, -0.2) is 25.9 Å². The second-order valence-corrected chi connectivity index (χ2v) is 7.30. The molecule has 0 fully saturated rings. The Balaban J connectivity index is 1.50. The number of pyridine rings is 1. The number of fused-ring (bicyclic) bond motifs is 1. The van der Waals surface area contributed by atoms with Gasteiger partial charge >= 0.3 is 0 Å². The summed E-state index contributed by atoms with van der Waals surface area (Å²) in [5, 5.41) is 21.7. The van der Waals surface area contributed by atoms with Crippen molar-refractivity contribution in [2.45, 2.75) is 26.4 Å². The van der Waals surface area contributed by atoms with Crippen molar-refractivity contribution in [3.8, 4) is 22.5 Å². The van der Waals surface area contributed by atoms with E-state index in [0.29, 0.717) is 40.6 Å². The van der Waals surface area contributed by atoms with Crippen molar-refractivity contribution in [1.82, 2.24) is 14.9 Å². The Morgan fingerprint density at radius 2 is 2.04 bits per heavy atom. The van der Waals surface area contributed by atoms with Crippen LogP contribution in [0.2, 0.25) is 0 Å². The molecule has 1 aromatic carbocycles. The van der Waals surface area contributed by atoms with E-state index in [0.717, 1.165) is 0 Å². The van der Waals surface area contributed by atoms with Crippen LogP contribution in [0.25, 0.3) is 10.7 Å². The molecule has 1 amide bonds. The Hall–Kier alpha value is -3.24. The van der Waals surface area contributed by atoms with Crippen molar-refractivity contribution in [2.24, 2.45) is 0 Å². The highest BCUT2D eigenvalue weighted by Crippen LogP contribution is 2.33. The molecule has 3 heterocycles. The van der Waals surface area contributed by atoms with Crippen molar-refractivity contribution >= 4 is 17.2 Å². The number of benzene rings is 1. The van der Waals surface area contributed by atoms with Gasteiger partial charge in [-0.25, -0.2) is 9.97 Å². The molecule has 0 aliphatic carbocycles. The molecule has 0 unspecified atom stereocenters. The van der Waals surface area contributed by atoms with Crippen molar-refractivity contribution in [2.75, 3.05) is 0 Å². The minimum atomic E-state index is -0.0451. The maximum Gasteiger partial charge on any atom is 0.229 e. The van der Waals surface area contributed by atoms with Gasteiger partial charge in [0.15, 0.2) is 0 Å². The van der Waals surface area contributed by atoms with Crippen molar-refractivity contribution < 1.29 is 9.90 Å². The maximum atomic E-state index is 12.6. The van der Waals surface area contributed by atoms with Gasteiger partial charge in [-0.3, -0.25) is 4.79 Å². The van der Waals surface area contributed by atoms with Crippen molar-refractivity contribution in [3.63, 3.8) is 0 Å². The van der Waals surface area contributed by atoms with E-state index in [4.69, 9.17) is 5.26 Å². The molecule has 3 aromatic rings. The van der Waals surface area contributed by atoms with Crippen molar-refractivity contribution in [3.05, 3.63) is 63.8 Å². The van der Waals surface area contributed by atoms with Crippen LogP contribution in [0.3, 0.4) is 0 Å². The molecule has 4 rings (SSSR count). The lowest BCUT2D eigenvalue weighted by Crippen LogP contribution is -2.27. The van der Waals surface area contributed by atoms with Gasteiger partial charge in [-0.2, -0.15) is 5.26 Å². The molecule has 0 atom stereocenters. The predicted octanol–water partition coefficient (Wildman–Crippen LogP) is 3.18. The molecule has 2 aromatic heterocycles. The molecule has 0 saturated heterocycles. The first-order chi connectivity index (χ1) is 13.1. The highest BCUT2D eigenvalue weighted by atomic mass is 32.1. The van der Waals surface area contributed by atoms with Crippen LogP contribution in [0.15, 0.2) is 35.8 Å². The van der Waals surface area contributed by atoms with Gasteiger partial charge in [-0.15, -0.1) is 11.3 Å². The number of hydrogen-bond acceptors (Lipinski definition) is 6. The Morgan fingerprint density at radius 1 is 1.33 bits per heavy atom. The third-order valence-electron chi connectivity index (χ3n) is 4.71. The lowest BCUT2D eigenvalue weighted by Gasteiger charge is -2.14. The number of aromatic nitrogens is 2. The first kappa shape index (κ1) is 17.2. The minimum absolute atomic E-state index is 0.0243. The van der Waals surface area contributed by atoms with Gasteiger partial charge in [0.1, 0.15) is 22.5 Å². The van der Waals surface area contributed by atoms with E-state index in [1.165, 1.54) is 28.7 Å². The van der Waals surface area contributed by atoms with Crippen LogP contribution in [0.4, 0.5) is 0 Å². The summed E-state index contributed by atoms with van der Waals surface area (Å²) in [4.78, 5) is 23.1. The van der Waals surface area contributed by atoms with Crippen LogP contribution >= 0.6 is 11.3 Å². The third-order valence-corrected chi connectivity index (χ3v) is 5.60. The second-order valence-electron chi connectivity index (χ2n) is 6.45. The van der Waals surface area contributed by atoms with Crippen molar-refractivity contribution in [1.29, 1.82) is 5.26 Å². The zero-order valence-corrected chi connectivity index (χ0v) is 15.5. The molecular formula is C20H16N4O2S. The minimum Gasteiger partial charge on any atom is -0.505 e. The summed E-state index contributed by atoms with van der Waals surface area (Å²) >= 11 is 1.32. The predicted molar refractivity (Wildman–Crippen MR) is 101 cm³/mol. The lowest BCUT2D eigenvalue weighted by molar-refractivity contribution is -0.131. The molecule has 0 bridgehead atoms. The smallest absolute Gasteiger partial charge is 0.229 e. The summed E-state index contributed by atoms with van der Waals surface area (Å²) in [6.07, 6.45) is 1.64. The van der Waals surface area contributed by atoms with E-state index in [-0.39, 0.29) is 18.1 Å². The molecule has 1 aliphatic heterocycles. The van der Waals surface area contributed by atoms with E-state index in [1.54, 1.807) is 6.92 Å². The van der Waals surface area contributed by atoms with Gasteiger partial charge in [0.25, 0.3) is 0 Å². The number of carbonyl (C=O) groups excluding carboxylic acids is 1. The first-order valence-corrected chi connectivity index (χ1v) is 9.32. The zero-order valence-electron chi connectivity index (χ0n) is 14.6. The van der Waals surface area contributed by atoms with E-state index in [1.807, 2.05) is 40.6 Å². The number of amides is 1. The van der Waals surface area contributed by atoms with Crippen LogP contribution in [0, 0.1) is 18.3 Å². The zero-order chi connectivity index (χ0) is 19.0. The largest absolute Gasteiger partial charge is 0.505 e. The topological polar surface area (TPSA) is 90.1 Å². The van der Waals surface area contributed by atoms with Gasteiger partial charge in [0, 0.05) is 30.2 Å². The van der Waals surface area contributed by atoms with E-state index in [2.05, 4.69) is 9.97 Å². The summed E-state index contributed by atoms with van der Waals surface area (Å²) in [5.41, 5.74) is 4.17. The summed E-state index contributed by atoms with van der Waals surface area (Å²) < 4.78 is 0. The molecule has 7 heteroatoms. The monoisotopic (exact) mass is 376 g/mol. The number of nitriles is 1. The summed E-state index contributed by atoms with van der Waals surface area (Å²) in [7, 11) is 0. The average Bonchev–Trinajstić information content (AvgIpc) is 3.30. The Morgan fingerprint density at radius 3 is 2.70 bits per heavy atom. The normalized spacial score (nSPS) is 12.7. The molecule has 0 radical (unpaired) electrons. The number of hydrogen-bond donors (Lipinski definition) is 1. The maximum absolute atomic E-state index is 12.6. The molecule has 0 spiro atoms. The fraction of sp³-hybridized carbons (Fsp3) is 0.200. The third kappa shape index (κ3) is 3.15. The highest BCUT2D eigenvalue weighted by molar-refractivity contribution is 7.13. The fourth-order valence-corrected chi connectivity index (χ4v) is 3.95. The number of aromatic hydroxyl groups is 1. The van der Waals surface area contributed by atoms with Gasteiger partial charge in [0.2, 0.25) is 5.91 Å². The number of carbonyl (C=O) groups is 1. The van der Waals surface area contributed by atoms with E-state index in [9.17, 15) is 9.90 Å². The van der Waals surface area contributed by atoms with Crippen LogP contribution in [0.5, 0.6) is 5.75 Å². The molecule has 1 N–H and O–H groups in total. The highest BCUT2D eigenvalue weighted by Gasteiger charge is 2.24. The molecule has 134 valence electrons. The molecule has 27 heavy (non-hydrogen) atoms. The van der Waals surface area contributed by atoms with Gasteiger partial charge < -0.3 is 10.0 Å². The van der Waals surface area contributed by atoms with E-state index >= 15 is 0 Å². The molecule has 6 nitrogen and oxygen atoms in total. The van der Waals surface area contributed by atoms with Crippen LogP contribution in [0.1, 0.15) is 27.9 Å². The van der Waals surface area contributed by atoms with Crippen LogP contribution < -0.4 is 0 Å². The number of nitrogens with zero attached hydrogens (tertiary/aromatic N) is 4. The Bertz CT molecular complexity index is 1060. The summed E-state index contributed by atoms with van der Waals surface area (Å²) in [6.45, 7) is 2.93. The Labute approximate surface area is 160 Å².